The fraction of sp³-hybridized carbons (Fsp3) is 0.750. The number of likely N-dealkylation sites (N-methyl/N-ethyl adjacent to an activating group) is 1. The molecule has 0 saturated carbocycles. The van der Waals surface area contributed by atoms with Gasteiger partial charge in [-0.25, -0.2) is 4.98 Å². The van der Waals surface area contributed by atoms with Crippen molar-refractivity contribution in [3.8, 4) is 0 Å². The molecule has 0 saturated heterocycles. The average molecular weight is 295 g/mol. The van der Waals surface area contributed by atoms with E-state index < -0.39 is 5.54 Å². The molecule has 5 nitrogen and oxygen atoms in total. The Bertz CT molecular complexity index is 444. The van der Waals surface area contributed by atoms with E-state index in [2.05, 4.69) is 28.7 Å². The minimum absolute atomic E-state index is 0.183. The van der Waals surface area contributed by atoms with Crippen LogP contribution >= 0.6 is 0 Å². The molecule has 1 heterocycles. The van der Waals surface area contributed by atoms with E-state index in [-0.39, 0.29) is 12.0 Å². The van der Waals surface area contributed by atoms with Gasteiger partial charge in [-0.1, -0.05) is 13.8 Å². The lowest BCUT2D eigenvalue weighted by atomic mass is 9.93. The summed E-state index contributed by atoms with van der Waals surface area (Å²) >= 11 is 0. The zero-order valence-corrected chi connectivity index (χ0v) is 14.0. The molecule has 2 atom stereocenters. The van der Waals surface area contributed by atoms with Gasteiger partial charge in [0.2, 0.25) is 0 Å². The molecular weight excluding hydrogens is 266 g/mol. The number of hydrogen-bond acceptors (Lipinski definition) is 4. The van der Waals surface area contributed by atoms with Crippen LogP contribution in [0.25, 0.3) is 0 Å². The van der Waals surface area contributed by atoms with E-state index >= 15 is 0 Å². The third-order valence-corrected chi connectivity index (χ3v) is 3.69. The SMILES string of the molecule is CCCc1nccn1C(C)CC(C)(NCC)C(=O)OCC. The van der Waals surface area contributed by atoms with Crippen LogP contribution in [0, 0.1) is 0 Å². The maximum absolute atomic E-state index is 12.3. The summed E-state index contributed by atoms with van der Waals surface area (Å²) in [5.41, 5.74) is -0.669. The molecule has 21 heavy (non-hydrogen) atoms. The number of ether oxygens (including phenoxy) is 1. The van der Waals surface area contributed by atoms with Gasteiger partial charge in [-0.15, -0.1) is 0 Å². The molecule has 0 aliphatic rings. The molecule has 1 aromatic rings. The second-order valence-electron chi connectivity index (χ2n) is 5.64. The molecule has 0 aliphatic carbocycles. The zero-order valence-electron chi connectivity index (χ0n) is 14.0. The molecule has 5 heteroatoms. The Morgan fingerprint density at radius 3 is 2.76 bits per heavy atom. The first-order valence-corrected chi connectivity index (χ1v) is 7.92. The molecule has 0 spiro atoms. The molecule has 0 radical (unpaired) electrons. The molecule has 0 bridgehead atoms. The summed E-state index contributed by atoms with van der Waals surface area (Å²) in [6.07, 6.45) is 6.51. The van der Waals surface area contributed by atoms with E-state index in [1.807, 2.05) is 33.2 Å². The van der Waals surface area contributed by atoms with Gasteiger partial charge in [-0.2, -0.15) is 0 Å². The van der Waals surface area contributed by atoms with Gasteiger partial charge >= 0.3 is 5.97 Å². The van der Waals surface area contributed by atoms with Crippen LogP contribution in [0.5, 0.6) is 0 Å². The number of esters is 1. The van der Waals surface area contributed by atoms with Crippen molar-refractivity contribution < 1.29 is 9.53 Å². The standard InChI is InChI=1S/C16H29N3O2/c1-6-9-14-17-10-11-19(14)13(4)12-16(5,18-7-2)15(20)21-8-3/h10-11,13,18H,6-9,12H2,1-5H3. The van der Waals surface area contributed by atoms with Gasteiger partial charge in [-0.05, 0) is 40.2 Å². The molecule has 1 aromatic heterocycles. The van der Waals surface area contributed by atoms with Gasteiger partial charge in [0.15, 0.2) is 0 Å². The van der Waals surface area contributed by atoms with Crippen molar-refractivity contribution in [3.63, 3.8) is 0 Å². The first-order valence-electron chi connectivity index (χ1n) is 7.92. The highest BCUT2D eigenvalue weighted by Crippen LogP contribution is 2.24. The summed E-state index contributed by atoms with van der Waals surface area (Å²) in [7, 11) is 0. The highest BCUT2D eigenvalue weighted by Gasteiger charge is 2.36. The third kappa shape index (κ3) is 4.56. The molecule has 0 amide bonds. The van der Waals surface area contributed by atoms with Crippen LogP contribution in [-0.2, 0) is 16.0 Å². The molecule has 2 unspecified atom stereocenters. The Kier molecular flexibility index (Phi) is 6.89. The monoisotopic (exact) mass is 295 g/mol. The van der Waals surface area contributed by atoms with Crippen LogP contribution in [0.2, 0.25) is 0 Å². The van der Waals surface area contributed by atoms with Crippen LogP contribution in [0.3, 0.4) is 0 Å². The van der Waals surface area contributed by atoms with Gasteiger partial charge < -0.3 is 14.6 Å². The van der Waals surface area contributed by atoms with E-state index in [9.17, 15) is 4.79 Å². The number of carbonyl (C=O) groups is 1. The lowest BCUT2D eigenvalue weighted by Gasteiger charge is -2.31. The molecule has 120 valence electrons. The first kappa shape index (κ1) is 17.7. The second-order valence-corrected chi connectivity index (χ2v) is 5.64. The number of aryl methyl sites for hydroxylation is 1. The first-order chi connectivity index (χ1) is 9.98. The third-order valence-electron chi connectivity index (χ3n) is 3.69. The summed E-state index contributed by atoms with van der Waals surface area (Å²) in [4.78, 5) is 16.7. The summed E-state index contributed by atoms with van der Waals surface area (Å²) in [5.74, 6) is 0.892. The zero-order chi connectivity index (χ0) is 15.9. The number of nitrogens with zero attached hydrogens (tertiary/aromatic N) is 2. The fourth-order valence-corrected chi connectivity index (χ4v) is 2.76. The van der Waals surface area contributed by atoms with E-state index in [0.717, 1.165) is 25.2 Å². The largest absolute Gasteiger partial charge is 0.465 e. The van der Waals surface area contributed by atoms with Crippen LogP contribution in [0.15, 0.2) is 12.4 Å². The number of hydrogen-bond donors (Lipinski definition) is 1. The number of carbonyl (C=O) groups excluding carboxylic acids is 1. The maximum Gasteiger partial charge on any atom is 0.326 e. The van der Waals surface area contributed by atoms with E-state index in [0.29, 0.717) is 13.0 Å². The van der Waals surface area contributed by atoms with Crippen molar-refractivity contribution in [2.24, 2.45) is 0 Å². The van der Waals surface area contributed by atoms with Crippen LogP contribution in [0.4, 0.5) is 0 Å². The number of nitrogens with one attached hydrogen (secondary N) is 1. The van der Waals surface area contributed by atoms with Gasteiger partial charge in [-0.3, -0.25) is 4.79 Å². The summed E-state index contributed by atoms with van der Waals surface area (Å²) in [6, 6.07) is 0.183. The topological polar surface area (TPSA) is 56.2 Å². The molecular formula is C16H29N3O2. The number of aromatic nitrogens is 2. The van der Waals surface area contributed by atoms with E-state index in [1.54, 1.807) is 0 Å². The lowest BCUT2D eigenvalue weighted by Crippen LogP contribution is -2.51. The van der Waals surface area contributed by atoms with Crippen molar-refractivity contribution in [1.29, 1.82) is 0 Å². The Balaban J connectivity index is 2.87. The predicted octanol–water partition coefficient (Wildman–Crippen LogP) is 2.72. The Hall–Kier alpha value is -1.36. The maximum atomic E-state index is 12.3. The highest BCUT2D eigenvalue weighted by atomic mass is 16.5. The predicted molar refractivity (Wildman–Crippen MR) is 84.3 cm³/mol. The smallest absolute Gasteiger partial charge is 0.326 e. The Morgan fingerprint density at radius 2 is 2.19 bits per heavy atom. The van der Waals surface area contributed by atoms with Crippen molar-refractivity contribution in [1.82, 2.24) is 14.9 Å². The van der Waals surface area contributed by atoms with Crippen molar-refractivity contribution in [2.45, 2.75) is 65.5 Å². The molecule has 0 aromatic carbocycles. The quantitative estimate of drug-likeness (QED) is 0.712. The van der Waals surface area contributed by atoms with Gasteiger partial charge in [0.05, 0.1) is 6.61 Å². The molecule has 0 fully saturated rings. The minimum Gasteiger partial charge on any atom is -0.465 e. The number of imidazole rings is 1. The van der Waals surface area contributed by atoms with Crippen LogP contribution in [-0.4, -0.2) is 34.2 Å². The summed E-state index contributed by atoms with van der Waals surface area (Å²) in [5, 5.41) is 3.28. The van der Waals surface area contributed by atoms with Gasteiger partial charge in [0.25, 0.3) is 0 Å². The molecule has 0 aliphatic heterocycles. The average Bonchev–Trinajstić information content (AvgIpc) is 2.88. The minimum atomic E-state index is -0.669. The highest BCUT2D eigenvalue weighted by molar-refractivity contribution is 5.80. The van der Waals surface area contributed by atoms with Crippen molar-refractivity contribution in [3.05, 3.63) is 18.2 Å². The van der Waals surface area contributed by atoms with Gasteiger partial charge in [0, 0.05) is 24.9 Å². The second kappa shape index (κ2) is 8.17. The van der Waals surface area contributed by atoms with Crippen molar-refractivity contribution in [2.75, 3.05) is 13.2 Å². The van der Waals surface area contributed by atoms with Crippen molar-refractivity contribution >= 4 is 5.97 Å². The lowest BCUT2D eigenvalue weighted by molar-refractivity contribution is -0.151. The normalized spacial score (nSPS) is 15.5. The number of rotatable bonds is 9. The molecule has 1 N–H and O–H groups in total. The summed E-state index contributed by atoms with van der Waals surface area (Å²) < 4.78 is 7.39. The van der Waals surface area contributed by atoms with Gasteiger partial charge in [0.1, 0.15) is 11.4 Å². The Labute approximate surface area is 128 Å². The van der Waals surface area contributed by atoms with Crippen LogP contribution < -0.4 is 5.32 Å². The van der Waals surface area contributed by atoms with Crippen LogP contribution in [0.1, 0.15) is 59.3 Å². The fourth-order valence-electron chi connectivity index (χ4n) is 2.76. The molecule has 1 rings (SSSR count). The summed E-state index contributed by atoms with van der Waals surface area (Å²) in [6.45, 7) is 11.2. The van der Waals surface area contributed by atoms with E-state index in [4.69, 9.17) is 4.74 Å². The van der Waals surface area contributed by atoms with E-state index in [1.165, 1.54) is 0 Å². The Morgan fingerprint density at radius 1 is 1.48 bits per heavy atom.